The van der Waals surface area contributed by atoms with Crippen molar-refractivity contribution in [1.29, 1.82) is 0 Å². The van der Waals surface area contributed by atoms with Crippen molar-refractivity contribution in [2.24, 2.45) is 0 Å². The van der Waals surface area contributed by atoms with Gasteiger partial charge in [0, 0.05) is 24.2 Å². The zero-order valence-electron chi connectivity index (χ0n) is 16.6. The van der Waals surface area contributed by atoms with Gasteiger partial charge in [0.2, 0.25) is 0 Å². The third kappa shape index (κ3) is 5.86. The van der Waals surface area contributed by atoms with Crippen molar-refractivity contribution in [3.8, 4) is 5.75 Å². The van der Waals surface area contributed by atoms with Crippen LogP contribution in [-0.2, 0) is 12.0 Å². The lowest BCUT2D eigenvalue weighted by molar-refractivity contribution is 0.400. The quantitative estimate of drug-likeness (QED) is 0.724. The van der Waals surface area contributed by atoms with E-state index in [4.69, 9.17) is 4.74 Å². The van der Waals surface area contributed by atoms with Gasteiger partial charge in [-0.05, 0) is 35.6 Å². The molecule has 0 radical (unpaired) electrons. The number of hydrogen-bond donors (Lipinski definition) is 2. The second-order valence-corrected chi connectivity index (χ2v) is 7.90. The minimum Gasteiger partial charge on any atom is -0.496 e. The third-order valence-electron chi connectivity index (χ3n) is 5.08. The maximum absolute atomic E-state index is 5.58. The molecule has 5 heteroatoms. The van der Waals surface area contributed by atoms with Crippen LogP contribution in [0.1, 0.15) is 49.9 Å². The SMILES string of the molecule is COc1ccc(C(C)(C)C)cc1CN[C@H]1CCN[C@H]1c1ccccc1.Cl.Cl. The molecule has 0 aromatic heterocycles. The van der Waals surface area contributed by atoms with E-state index in [1.165, 1.54) is 16.7 Å². The molecule has 0 aliphatic carbocycles. The van der Waals surface area contributed by atoms with Crippen LogP contribution in [0.5, 0.6) is 5.75 Å². The van der Waals surface area contributed by atoms with Crippen LogP contribution in [0.2, 0.25) is 0 Å². The molecule has 0 unspecified atom stereocenters. The van der Waals surface area contributed by atoms with Crippen LogP contribution < -0.4 is 15.4 Å². The number of nitrogens with one attached hydrogen (secondary N) is 2. The number of methoxy groups -OCH3 is 1. The summed E-state index contributed by atoms with van der Waals surface area (Å²) in [6, 6.07) is 18.1. The first-order valence-electron chi connectivity index (χ1n) is 9.18. The van der Waals surface area contributed by atoms with E-state index in [0.29, 0.717) is 12.1 Å². The van der Waals surface area contributed by atoms with Gasteiger partial charge in [0.05, 0.1) is 7.11 Å². The highest BCUT2D eigenvalue weighted by molar-refractivity contribution is 5.85. The van der Waals surface area contributed by atoms with Gasteiger partial charge in [0.1, 0.15) is 5.75 Å². The van der Waals surface area contributed by atoms with E-state index in [0.717, 1.165) is 25.3 Å². The Morgan fingerprint density at radius 3 is 2.41 bits per heavy atom. The van der Waals surface area contributed by atoms with Crippen LogP contribution in [0.15, 0.2) is 48.5 Å². The lowest BCUT2D eigenvalue weighted by atomic mass is 9.86. The fourth-order valence-corrected chi connectivity index (χ4v) is 3.56. The summed E-state index contributed by atoms with van der Waals surface area (Å²) in [5, 5.41) is 7.39. The van der Waals surface area contributed by atoms with E-state index in [1.807, 2.05) is 0 Å². The van der Waals surface area contributed by atoms with Crippen LogP contribution in [0, 0.1) is 0 Å². The number of ether oxygens (including phenoxy) is 1. The first kappa shape index (κ1) is 23.8. The molecule has 0 spiro atoms. The van der Waals surface area contributed by atoms with Gasteiger partial charge in [-0.1, -0.05) is 63.2 Å². The van der Waals surface area contributed by atoms with Crippen molar-refractivity contribution in [2.75, 3.05) is 13.7 Å². The van der Waals surface area contributed by atoms with E-state index >= 15 is 0 Å². The van der Waals surface area contributed by atoms with E-state index in [-0.39, 0.29) is 30.2 Å². The van der Waals surface area contributed by atoms with Gasteiger partial charge in [0.15, 0.2) is 0 Å². The molecule has 1 heterocycles. The number of halogens is 2. The predicted octanol–water partition coefficient (Wildman–Crippen LogP) is 5.03. The molecule has 1 aliphatic heterocycles. The lowest BCUT2D eigenvalue weighted by Gasteiger charge is -2.24. The van der Waals surface area contributed by atoms with Crippen LogP contribution in [0.25, 0.3) is 0 Å². The molecule has 0 amide bonds. The maximum atomic E-state index is 5.58. The molecule has 2 aromatic rings. The predicted molar refractivity (Wildman–Crippen MR) is 119 cm³/mol. The molecule has 3 rings (SSSR count). The smallest absolute Gasteiger partial charge is 0.123 e. The summed E-state index contributed by atoms with van der Waals surface area (Å²) >= 11 is 0. The standard InChI is InChI=1S/C22H30N2O.2ClH/c1-22(2,3)18-10-11-20(25-4)17(14-18)15-24-19-12-13-23-21(19)16-8-6-5-7-9-16;;/h5-11,14,19,21,23-24H,12-13,15H2,1-4H3;2*1H/t19-,21-;;/m0../s1. The molecule has 0 bridgehead atoms. The number of hydrogen-bond acceptors (Lipinski definition) is 3. The monoisotopic (exact) mass is 410 g/mol. The van der Waals surface area contributed by atoms with E-state index in [1.54, 1.807) is 7.11 Å². The number of rotatable bonds is 5. The van der Waals surface area contributed by atoms with Gasteiger partial charge in [-0.3, -0.25) is 0 Å². The summed E-state index contributed by atoms with van der Waals surface area (Å²) in [5.41, 5.74) is 4.07. The van der Waals surface area contributed by atoms with E-state index in [9.17, 15) is 0 Å². The average Bonchev–Trinajstić information content (AvgIpc) is 3.08. The van der Waals surface area contributed by atoms with Crippen LogP contribution in [0.4, 0.5) is 0 Å². The van der Waals surface area contributed by atoms with Gasteiger partial charge >= 0.3 is 0 Å². The van der Waals surface area contributed by atoms with Gasteiger partial charge < -0.3 is 15.4 Å². The largest absolute Gasteiger partial charge is 0.496 e. The Morgan fingerprint density at radius 2 is 1.78 bits per heavy atom. The summed E-state index contributed by atoms with van der Waals surface area (Å²) in [4.78, 5) is 0. The summed E-state index contributed by atoms with van der Waals surface area (Å²) < 4.78 is 5.58. The summed E-state index contributed by atoms with van der Waals surface area (Å²) in [5.74, 6) is 0.961. The minimum absolute atomic E-state index is 0. The molecule has 2 aromatic carbocycles. The molecule has 2 atom stereocenters. The van der Waals surface area contributed by atoms with Crippen LogP contribution in [-0.4, -0.2) is 19.7 Å². The molecule has 27 heavy (non-hydrogen) atoms. The Morgan fingerprint density at radius 1 is 1.07 bits per heavy atom. The van der Waals surface area contributed by atoms with Crippen molar-refractivity contribution in [2.45, 2.75) is 51.2 Å². The molecule has 3 nitrogen and oxygen atoms in total. The highest BCUT2D eigenvalue weighted by atomic mass is 35.5. The highest BCUT2D eigenvalue weighted by Gasteiger charge is 2.27. The number of benzene rings is 2. The zero-order valence-corrected chi connectivity index (χ0v) is 18.3. The Labute approximate surface area is 176 Å². The van der Waals surface area contributed by atoms with E-state index in [2.05, 4.69) is 79.9 Å². The molecule has 1 saturated heterocycles. The first-order valence-corrected chi connectivity index (χ1v) is 9.18. The maximum Gasteiger partial charge on any atom is 0.123 e. The molecular formula is C22H32Cl2N2O. The Kier molecular flexibility index (Phi) is 9.10. The summed E-state index contributed by atoms with van der Waals surface area (Å²) in [6.07, 6.45) is 1.14. The molecule has 1 aliphatic rings. The molecule has 0 saturated carbocycles. The molecule has 150 valence electrons. The minimum atomic E-state index is 0. The lowest BCUT2D eigenvalue weighted by Crippen LogP contribution is -2.34. The Bertz CT molecular complexity index is 701. The summed E-state index contributed by atoms with van der Waals surface area (Å²) in [6.45, 7) is 8.62. The van der Waals surface area contributed by atoms with Crippen molar-refractivity contribution in [3.05, 3.63) is 65.2 Å². The third-order valence-corrected chi connectivity index (χ3v) is 5.08. The Balaban J connectivity index is 0.00000182. The van der Waals surface area contributed by atoms with Gasteiger partial charge in [-0.25, -0.2) is 0 Å². The topological polar surface area (TPSA) is 33.3 Å². The van der Waals surface area contributed by atoms with Crippen LogP contribution in [0.3, 0.4) is 0 Å². The highest BCUT2D eigenvalue weighted by Crippen LogP contribution is 2.29. The molecule has 1 fully saturated rings. The van der Waals surface area contributed by atoms with Crippen molar-refractivity contribution < 1.29 is 4.74 Å². The average molecular weight is 411 g/mol. The Hall–Kier alpha value is -1.26. The molecular weight excluding hydrogens is 379 g/mol. The van der Waals surface area contributed by atoms with Crippen molar-refractivity contribution in [1.82, 2.24) is 10.6 Å². The first-order chi connectivity index (χ1) is 12.0. The van der Waals surface area contributed by atoms with Gasteiger partial charge in [-0.15, -0.1) is 24.8 Å². The van der Waals surface area contributed by atoms with Crippen LogP contribution >= 0.6 is 24.8 Å². The molecule has 2 N–H and O–H groups in total. The normalized spacial score (nSPS) is 19.1. The van der Waals surface area contributed by atoms with Crippen molar-refractivity contribution in [3.63, 3.8) is 0 Å². The fourth-order valence-electron chi connectivity index (χ4n) is 3.56. The fraction of sp³-hybridized carbons (Fsp3) is 0.455. The zero-order chi connectivity index (χ0) is 17.9. The van der Waals surface area contributed by atoms with E-state index < -0.39 is 0 Å². The van der Waals surface area contributed by atoms with Gasteiger partial charge in [0.25, 0.3) is 0 Å². The van der Waals surface area contributed by atoms with Gasteiger partial charge in [-0.2, -0.15) is 0 Å². The second-order valence-electron chi connectivity index (χ2n) is 7.90. The second kappa shape index (κ2) is 10.3. The summed E-state index contributed by atoms with van der Waals surface area (Å²) in [7, 11) is 1.75. The van der Waals surface area contributed by atoms with Crippen molar-refractivity contribution >= 4 is 24.8 Å².